The minimum absolute atomic E-state index is 0.0108. The normalized spacial score (nSPS) is 15.0. The maximum atomic E-state index is 12.5. The summed E-state index contributed by atoms with van der Waals surface area (Å²) in [6, 6.07) is 8.01. The molecule has 2 heterocycles. The third-order valence-electron chi connectivity index (χ3n) is 3.95. The highest BCUT2D eigenvalue weighted by molar-refractivity contribution is 8.18. The van der Waals surface area contributed by atoms with Gasteiger partial charge in [-0.1, -0.05) is 35.3 Å². The molecule has 1 aromatic carbocycles. The molecule has 30 heavy (non-hydrogen) atoms. The Morgan fingerprint density at radius 1 is 1.13 bits per heavy atom. The summed E-state index contributed by atoms with van der Waals surface area (Å²) < 4.78 is 4.92. The fourth-order valence-electron chi connectivity index (χ4n) is 2.49. The van der Waals surface area contributed by atoms with E-state index in [0.717, 1.165) is 16.7 Å². The Bertz CT molecular complexity index is 1020. The van der Waals surface area contributed by atoms with Gasteiger partial charge in [-0.3, -0.25) is 24.1 Å². The first kappa shape index (κ1) is 21.9. The molecule has 0 aliphatic carbocycles. The maximum absolute atomic E-state index is 12.5. The van der Waals surface area contributed by atoms with Crippen LogP contribution in [0.4, 0.5) is 4.79 Å². The third kappa shape index (κ3) is 5.24. The van der Waals surface area contributed by atoms with Crippen molar-refractivity contribution in [3.63, 3.8) is 0 Å². The zero-order chi connectivity index (χ0) is 21.7. The Labute approximate surface area is 185 Å². The van der Waals surface area contributed by atoms with E-state index in [9.17, 15) is 19.2 Å². The molecule has 8 nitrogen and oxygen atoms in total. The smallest absolute Gasteiger partial charge is 0.293 e. The van der Waals surface area contributed by atoms with E-state index in [-0.39, 0.29) is 35.3 Å². The lowest BCUT2D eigenvalue weighted by Crippen LogP contribution is -2.41. The molecule has 4 amide bonds. The van der Waals surface area contributed by atoms with Crippen LogP contribution in [0.15, 0.2) is 45.9 Å². The Balaban J connectivity index is 1.50. The van der Waals surface area contributed by atoms with Crippen LogP contribution in [0.1, 0.15) is 16.1 Å². The molecule has 156 valence electrons. The van der Waals surface area contributed by atoms with E-state index in [0.29, 0.717) is 10.6 Å². The Morgan fingerprint density at radius 2 is 1.93 bits per heavy atom. The number of hydrogen-bond donors (Lipinski definition) is 2. The average Bonchev–Trinajstić information content (AvgIpc) is 3.34. The standard InChI is InChI=1S/C19H15Cl2N3O5S/c20-12-4-1-3-11(16(12)21)9-14-18(27)24(19(28)30-14)7-6-22-15(25)10-23-17(26)13-5-2-8-29-13/h1-5,8-9H,6-7,10H2,(H,22,25)(H,23,26)/b14-9-. The molecule has 0 radical (unpaired) electrons. The van der Waals surface area contributed by atoms with E-state index in [4.69, 9.17) is 27.6 Å². The number of amides is 4. The van der Waals surface area contributed by atoms with Crippen molar-refractivity contribution in [2.45, 2.75) is 0 Å². The molecule has 3 rings (SSSR count). The van der Waals surface area contributed by atoms with Gasteiger partial charge in [-0.05, 0) is 41.6 Å². The molecular formula is C19H15Cl2N3O5S. The Hall–Kier alpha value is -2.75. The highest BCUT2D eigenvalue weighted by Gasteiger charge is 2.34. The number of nitrogens with one attached hydrogen (secondary N) is 2. The van der Waals surface area contributed by atoms with E-state index >= 15 is 0 Å². The molecule has 0 unspecified atom stereocenters. The number of hydrogen-bond acceptors (Lipinski definition) is 6. The van der Waals surface area contributed by atoms with Crippen molar-refractivity contribution in [1.29, 1.82) is 0 Å². The number of nitrogens with zero attached hydrogens (tertiary/aromatic N) is 1. The summed E-state index contributed by atoms with van der Waals surface area (Å²) in [6.45, 7) is -0.240. The summed E-state index contributed by atoms with van der Waals surface area (Å²) in [5.74, 6) is -1.39. The molecule has 0 saturated carbocycles. The second-order valence-electron chi connectivity index (χ2n) is 5.99. The molecule has 11 heteroatoms. The monoisotopic (exact) mass is 467 g/mol. The number of furan rings is 1. The highest BCUT2D eigenvalue weighted by atomic mass is 35.5. The predicted molar refractivity (Wildman–Crippen MR) is 113 cm³/mol. The van der Waals surface area contributed by atoms with Crippen LogP contribution < -0.4 is 10.6 Å². The summed E-state index contributed by atoms with van der Waals surface area (Å²) in [4.78, 5) is 49.4. The zero-order valence-electron chi connectivity index (χ0n) is 15.3. The molecule has 0 bridgehead atoms. The first-order chi connectivity index (χ1) is 14.4. The molecular weight excluding hydrogens is 453 g/mol. The van der Waals surface area contributed by atoms with Crippen LogP contribution in [0, 0.1) is 0 Å². The van der Waals surface area contributed by atoms with Crippen LogP contribution in [-0.4, -0.2) is 47.5 Å². The van der Waals surface area contributed by atoms with E-state index < -0.39 is 23.0 Å². The SMILES string of the molecule is O=C(CNC(=O)c1ccco1)NCCN1C(=O)S/C(=C\c2cccc(Cl)c2Cl)C1=O. The number of halogens is 2. The highest BCUT2D eigenvalue weighted by Crippen LogP contribution is 2.34. The van der Waals surface area contributed by atoms with E-state index in [1.165, 1.54) is 18.4 Å². The lowest BCUT2D eigenvalue weighted by atomic mass is 10.2. The second-order valence-corrected chi connectivity index (χ2v) is 7.76. The topological polar surface area (TPSA) is 109 Å². The van der Waals surface area contributed by atoms with Crippen molar-refractivity contribution < 1.29 is 23.6 Å². The van der Waals surface area contributed by atoms with Gasteiger partial charge >= 0.3 is 0 Å². The molecule has 1 aliphatic heterocycles. The van der Waals surface area contributed by atoms with Crippen LogP contribution in [0.3, 0.4) is 0 Å². The zero-order valence-corrected chi connectivity index (χ0v) is 17.6. The summed E-state index contributed by atoms with van der Waals surface area (Å²) in [6.07, 6.45) is 2.85. The molecule has 1 fully saturated rings. The summed E-state index contributed by atoms with van der Waals surface area (Å²) in [7, 11) is 0. The van der Waals surface area contributed by atoms with Crippen molar-refractivity contribution in [1.82, 2.24) is 15.5 Å². The minimum Gasteiger partial charge on any atom is -0.459 e. The fourth-order valence-corrected chi connectivity index (χ4v) is 3.71. The largest absolute Gasteiger partial charge is 0.459 e. The van der Waals surface area contributed by atoms with Gasteiger partial charge in [0.1, 0.15) is 0 Å². The van der Waals surface area contributed by atoms with Crippen molar-refractivity contribution in [2.24, 2.45) is 0 Å². The van der Waals surface area contributed by atoms with Crippen molar-refractivity contribution in [2.75, 3.05) is 19.6 Å². The lowest BCUT2D eigenvalue weighted by molar-refractivity contribution is -0.124. The average molecular weight is 468 g/mol. The number of thioether (sulfide) groups is 1. The van der Waals surface area contributed by atoms with Crippen LogP contribution in [-0.2, 0) is 9.59 Å². The molecule has 1 aromatic heterocycles. The first-order valence-electron chi connectivity index (χ1n) is 8.64. The van der Waals surface area contributed by atoms with Gasteiger partial charge in [-0.2, -0.15) is 0 Å². The number of benzene rings is 1. The molecule has 0 atom stereocenters. The second kappa shape index (κ2) is 9.84. The van der Waals surface area contributed by atoms with Crippen molar-refractivity contribution in [3.8, 4) is 0 Å². The lowest BCUT2D eigenvalue weighted by Gasteiger charge is -2.13. The van der Waals surface area contributed by atoms with Gasteiger partial charge in [0.15, 0.2) is 5.76 Å². The van der Waals surface area contributed by atoms with Gasteiger partial charge < -0.3 is 15.1 Å². The van der Waals surface area contributed by atoms with E-state index in [1.54, 1.807) is 24.3 Å². The van der Waals surface area contributed by atoms with Crippen molar-refractivity contribution >= 4 is 64.0 Å². The third-order valence-corrected chi connectivity index (χ3v) is 5.69. The van der Waals surface area contributed by atoms with Gasteiger partial charge in [-0.15, -0.1) is 0 Å². The quantitative estimate of drug-likeness (QED) is 0.605. The molecule has 1 aliphatic rings. The van der Waals surface area contributed by atoms with Crippen LogP contribution in [0.5, 0.6) is 0 Å². The van der Waals surface area contributed by atoms with Crippen LogP contribution >= 0.6 is 35.0 Å². The fraction of sp³-hybridized carbons (Fsp3) is 0.158. The minimum atomic E-state index is -0.522. The van der Waals surface area contributed by atoms with Gasteiger partial charge in [0.2, 0.25) is 5.91 Å². The van der Waals surface area contributed by atoms with Gasteiger partial charge in [0.25, 0.3) is 17.1 Å². The molecule has 2 N–H and O–H groups in total. The van der Waals surface area contributed by atoms with Gasteiger partial charge in [-0.25, -0.2) is 0 Å². The number of imide groups is 1. The van der Waals surface area contributed by atoms with E-state index in [2.05, 4.69) is 10.6 Å². The number of carbonyl (C=O) groups excluding carboxylic acids is 4. The van der Waals surface area contributed by atoms with E-state index in [1.807, 2.05) is 0 Å². The molecule has 1 saturated heterocycles. The molecule has 2 aromatic rings. The van der Waals surface area contributed by atoms with Gasteiger partial charge in [0.05, 0.1) is 27.8 Å². The summed E-state index contributed by atoms with van der Waals surface area (Å²) in [5.41, 5.74) is 0.523. The Morgan fingerprint density at radius 3 is 2.67 bits per heavy atom. The van der Waals surface area contributed by atoms with Crippen molar-refractivity contribution in [3.05, 3.63) is 62.9 Å². The summed E-state index contributed by atoms with van der Waals surface area (Å²) >= 11 is 12.9. The van der Waals surface area contributed by atoms with Crippen LogP contribution in [0.25, 0.3) is 6.08 Å². The Kier molecular flexibility index (Phi) is 7.20. The first-order valence-corrected chi connectivity index (χ1v) is 10.2. The van der Waals surface area contributed by atoms with Gasteiger partial charge in [0, 0.05) is 13.1 Å². The number of rotatable bonds is 7. The number of carbonyl (C=O) groups is 4. The maximum Gasteiger partial charge on any atom is 0.293 e. The summed E-state index contributed by atoms with van der Waals surface area (Å²) in [5, 5.41) is 5.10. The predicted octanol–water partition coefficient (Wildman–Crippen LogP) is 3.17. The molecule has 0 spiro atoms. The van der Waals surface area contributed by atoms with Crippen LogP contribution in [0.2, 0.25) is 10.0 Å².